The first-order valence-corrected chi connectivity index (χ1v) is 6.19. The third kappa shape index (κ3) is 1.87. The maximum absolute atomic E-state index is 3.65. The van der Waals surface area contributed by atoms with Crippen LogP contribution in [0.15, 0.2) is 24.3 Å². The Hall–Kier alpha value is -1.24. The van der Waals surface area contributed by atoms with Crippen molar-refractivity contribution in [2.24, 2.45) is 0 Å². The molecule has 1 aromatic carbocycles. The number of allylic oxidation sites excluding steroid dienone is 1. The van der Waals surface area contributed by atoms with Crippen molar-refractivity contribution in [3.63, 3.8) is 0 Å². The third-order valence-corrected chi connectivity index (χ3v) is 3.55. The molecular weight excluding hydrogens is 194 g/mol. The van der Waals surface area contributed by atoms with E-state index in [0.717, 1.165) is 12.8 Å². The van der Waals surface area contributed by atoms with Crippen molar-refractivity contribution in [3.8, 4) is 0 Å². The smallest absolute Gasteiger partial charge is 0.0531 e. The van der Waals surface area contributed by atoms with E-state index >= 15 is 0 Å². The zero-order valence-corrected chi connectivity index (χ0v) is 10.7. The molecule has 86 valence electrons. The van der Waals surface area contributed by atoms with E-state index < -0.39 is 0 Å². The van der Waals surface area contributed by atoms with E-state index in [4.69, 9.17) is 0 Å². The van der Waals surface area contributed by atoms with Crippen LogP contribution in [0.25, 0.3) is 5.57 Å². The monoisotopic (exact) mass is 215 g/mol. The van der Waals surface area contributed by atoms with Gasteiger partial charge in [0.15, 0.2) is 0 Å². The highest BCUT2D eigenvalue weighted by atomic mass is 15.0. The zero-order valence-electron chi connectivity index (χ0n) is 10.7. The van der Waals surface area contributed by atoms with E-state index in [2.05, 4.69) is 57.3 Å². The molecule has 1 heterocycles. The van der Waals surface area contributed by atoms with Gasteiger partial charge in [0, 0.05) is 11.3 Å². The summed E-state index contributed by atoms with van der Waals surface area (Å²) >= 11 is 0. The van der Waals surface area contributed by atoms with Crippen LogP contribution in [0, 0.1) is 6.92 Å². The van der Waals surface area contributed by atoms with Crippen LogP contribution in [0.2, 0.25) is 0 Å². The van der Waals surface area contributed by atoms with Crippen LogP contribution in [-0.4, -0.2) is 5.54 Å². The van der Waals surface area contributed by atoms with Crippen LogP contribution < -0.4 is 5.32 Å². The Morgan fingerprint density at radius 3 is 2.62 bits per heavy atom. The summed E-state index contributed by atoms with van der Waals surface area (Å²) in [5, 5.41) is 3.65. The molecule has 0 aromatic heterocycles. The van der Waals surface area contributed by atoms with E-state index in [-0.39, 0.29) is 5.54 Å². The lowest BCUT2D eigenvalue weighted by molar-refractivity contribution is 0.607. The molecule has 1 nitrogen and oxygen atoms in total. The predicted octanol–water partition coefficient (Wildman–Crippen LogP) is 4.38. The summed E-state index contributed by atoms with van der Waals surface area (Å²) in [7, 11) is 0. The van der Waals surface area contributed by atoms with E-state index in [0.29, 0.717) is 0 Å². The van der Waals surface area contributed by atoms with Crippen molar-refractivity contribution in [3.05, 3.63) is 35.4 Å². The summed E-state index contributed by atoms with van der Waals surface area (Å²) in [6, 6.07) is 6.69. The third-order valence-electron chi connectivity index (χ3n) is 3.55. The summed E-state index contributed by atoms with van der Waals surface area (Å²) < 4.78 is 0. The van der Waals surface area contributed by atoms with E-state index in [1.165, 1.54) is 22.4 Å². The fourth-order valence-corrected chi connectivity index (χ4v) is 2.33. The molecule has 16 heavy (non-hydrogen) atoms. The van der Waals surface area contributed by atoms with Crippen molar-refractivity contribution < 1.29 is 0 Å². The number of fused-ring (bicyclic) bond motifs is 1. The summed E-state index contributed by atoms with van der Waals surface area (Å²) in [4.78, 5) is 0. The summed E-state index contributed by atoms with van der Waals surface area (Å²) in [6.45, 7) is 8.89. The quantitative estimate of drug-likeness (QED) is 0.772. The van der Waals surface area contributed by atoms with Crippen molar-refractivity contribution in [1.82, 2.24) is 0 Å². The average Bonchev–Trinajstić information content (AvgIpc) is 2.27. The number of aryl methyl sites for hydroxylation is 1. The van der Waals surface area contributed by atoms with Crippen molar-refractivity contribution >= 4 is 11.3 Å². The molecule has 0 amide bonds. The fraction of sp³-hybridized carbons (Fsp3) is 0.467. The molecule has 1 atom stereocenters. The molecule has 0 saturated carbocycles. The molecule has 0 unspecified atom stereocenters. The Morgan fingerprint density at radius 1 is 1.25 bits per heavy atom. The van der Waals surface area contributed by atoms with Gasteiger partial charge in [-0.15, -0.1) is 0 Å². The van der Waals surface area contributed by atoms with Gasteiger partial charge >= 0.3 is 0 Å². The van der Waals surface area contributed by atoms with Gasteiger partial charge in [-0.2, -0.15) is 0 Å². The predicted molar refractivity (Wildman–Crippen MR) is 71.8 cm³/mol. The molecule has 1 aliphatic rings. The van der Waals surface area contributed by atoms with Gasteiger partial charge in [0.1, 0.15) is 0 Å². The summed E-state index contributed by atoms with van der Waals surface area (Å²) in [6.07, 6.45) is 4.61. The SMILES string of the molecule is CCC1=C[C@@](C)(CC)Nc2cc(C)ccc21. The maximum atomic E-state index is 3.65. The van der Waals surface area contributed by atoms with E-state index in [1.807, 2.05) is 0 Å². The van der Waals surface area contributed by atoms with Crippen LogP contribution in [0.5, 0.6) is 0 Å². The van der Waals surface area contributed by atoms with Gasteiger partial charge in [-0.25, -0.2) is 0 Å². The molecule has 1 heteroatoms. The fourth-order valence-electron chi connectivity index (χ4n) is 2.33. The Kier molecular flexibility index (Phi) is 2.79. The maximum Gasteiger partial charge on any atom is 0.0531 e. The second-order valence-corrected chi connectivity index (χ2v) is 4.97. The first-order valence-electron chi connectivity index (χ1n) is 6.19. The summed E-state index contributed by atoms with van der Waals surface area (Å²) in [5.41, 5.74) is 5.58. The largest absolute Gasteiger partial charge is 0.376 e. The molecule has 0 spiro atoms. The second-order valence-electron chi connectivity index (χ2n) is 4.97. The Labute approximate surface area is 98.6 Å². The molecular formula is C15H21N. The molecule has 0 fully saturated rings. The number of benzene rings is 1. The minimum atomic E-state index is 0.117. The van der Waals surface area contributed by atoms with E-state index in [1.54, 1.807) is 0 Å². The lowest BCUT2D eigenvalue weighted by Crippen LogP contribution is -2.34. The van der Waals surface area contributed by atoms with Gasteiger partial charge in [-0.05, 0) is 43.9 Å². The van der Waals surface area contributed by atoms with Crippen LogP contribution in [0.4, 0.5) is 5.69 Å². The number of nitrogens with one attached hydrogen (secondary N) is 1. The standard InChI is InChI=1S/C15H21N/c1-5-12-10-15(4,6-2)16-14-9-11(3)7-8-13(12)14/h7-10,16H,5-6H2,1-4H3/t15-/m1/s1. The molecule has 2 rings (SSSR count). The lowest BCUT2D eigenvalue weighted by atomic mass is 9.86. The van der Waals surface area contributed by atoms with Crippen molar-refractivity contribution in [1.29, 1.82) is 0 Å². The minimum Gasteiger partial charge on any atom is -0.376 e. The van der Waals surface area contributed by atoms with Gasteiger partial charge in [-0.1, -0.05) is 32.1 Å². The number of hydrogen-bond acceptors (Lipinski definition) is 1. The molecule has 0 bridgehead atoms. The van der Waals surface area contributed by atoms with Crippen LogP contribution >= 0.6 is 0 Å². The molecule has 1 N–H and O–H groups in total. The summed E-state index contributed by atoms with van der Waals surface area (Å²) in [5.74, 6) is 0. The highest BCUT2D eigenvalue weighted by Gasteiger charge is 2.25. The van der Waals surface area contributed by atoms with Gasteiger partial charge in [0.05, 0.1) is 5.54 Å². The van der Waals surface area contributed by atoms with Crippen molar-refractivity contribution in [2.75, 3.05) is 5.32 Å². The highest BCUT2D eigenvalue weighted by Crippen LogP contribution is 2.37. The number of rotatable bonds is 2. The molecule has 1 aliphatic heterocycles. The van der Waals surface area contributed by atoms with Gasteiger partial charge < -0.3 is 5.32 Å². The second kappa shape index (κ2) is 3.97. The first-order chi connectivity index (χ1) is 7.58. The molecule has 0 saturated heterocycles. The van der Waals surface area contributed by atoms with Crippen LogP contribution in [-0.2, 0) is 0 Å². The number of hydrogen-bond donors (Lipinski definition) is 1. The average molecular weight is 215 g/mol. The normalized spacial score (nSPS) is 23.4. The zero-order chi connectivity index (χ0) is 11.8. The number of anilines is 1. The molecule has 1 aromatic rings. The molecule has 0 radical (unpaired) electrons. The Morgan fingerprint density at radius 2 is 2.00 bits per heavy atom. The molecule has 0 aliphatic carbocycles. The van der Waals surface area contributed by atoms with Crippen LogP contribution in [0.1, 0.15) is 44.7 Å². The topological polar surface area (TPSA) is 12.0 Å². The Bertz CT molecular complexity index is 431. The van der Waals surface area contributed by atoms with Gasteiger partial charge in [0.25, 0.3) is 0 Å². The lowest BCUT2D eigenvalue weighted by Gasteiger charge is -2.34. The van der Waals surface area contributed by atoms with Crippen LogP contribution in [0.3, 0.4) is 0 Å². The first kappa shape index (κ1) is 11.3. The van der Waals surface area contributed by atoms with E-state index in [9.17, 15) is 0 Å². The minimum absolute atomic E-state index is 0.117. The van der Waals surface area contributed by atoms with Gasteiger partial charge in [0.2, 0.25) is 0 Å². The highest BCUT2D eigenvalue weighted by molar-refractivity contribution is 5.81. The van der Waals surface area contributed by atoms with Crippen molar-refractivity contribution in [2.45, 2.75) is 46.1 Å². The Balaban J connectivity index is 2.52. The van der Waals surface area contributed by atoms with Gasteiger partial charge in [-0.3, -0.25) is 0 Å².